The maximum atomic E-state index is 13.1. The normalized spacial score (nSPS) is 14.7. The smallest absolute Gasteiger partial charge is 0.364 e. The molecule has 1 aromatic carbocycles. The quantitative estimate of drug-likeness (QED) is 0.0411. The number of rotatable bonds is 18. The van der Waals surface area contributed by atoms with Crippen LogP contribution in [0.15, 0.2) is 36.4 Å². The van der Waals surface area contributed by atoms with Crippen LogP contribution in [0.25, 0.3) is 0 Å². The van der Waals surface area contributed by atoms with E-state index in [0.29, 0.717) is 30.5 Å². The lowest BCUT2D eigenvalue weighted by Gasteiger charge is -2.26. The third-order valence-corrected chi connectivity index (χ3v) is 7.68. The van der Waals surface area contributed by atoms with Gasteiger partial charge in [0.05, 0.1) is 0 Å². The summed E-state index contributed by atoms with van der Waals surface area (Å²) < 4.78 is 37.4. The number of benzene rings is 1. The second kappa shape index (κ2) is 18.2. The topological polar surface area (TPSA) is 234 Å². The summed E-state index contributed by atoms with van der Waals surface area (Å²) in [6.07, 6.45) is 3.37. The van der Waals surface area contributed by atoms with Crippen molar-refractivity contribution in [1.82, 2.24) is 20.9 Å². The summed E-state index contributed by atoms with van der Waals surface area (Å²) in [5.74, 6) is -5.64. The highest BCUT2D eigenvalue weighted by atomic mass is 32.2. The van der Waals surface area contributed by atoms with Crippen LogP contribution in [0, 0.1) is 5.92 Å². The SMILES string of the molecule is CC(C)[C@@H](NC(=O)[C@@H](CS(=O)(=O)O)NC(=O)CCCCCN1C(=O)C=CC1=O)C(=O)N[C@H](C)C(=O)Nc1ccc(COC(=O)S)cc1. The number of anilines is 1. The van der Waals surface area contributed by atoms with Crippen molar-refractivity contribution in [2.24, 2.45) is 5.92 Å². The highest BCUT2D eigenvalue weighted by molar-refractivity contribution is 7.96. The van der Waals surface area contributed by atoms with E-state index in [1.54, 1.807) is 38.1 Å². The van der Waals surface area contributed by atoms with E-state index in [0.717, 1.165) is 17.1 Å². The van der Waals surface area contributed by atoms with Crippen molar-refractivity contribution < 1.29 is 51.3 Å². The number of thiol groups is 1. The number of ether oxygens (including phenoxy) is 1. The zero-order valence-corrected chi connectivity index (χ0v) is 27.8. The Balaban J connectivity index is 1.93. The molecule has 1 heterocycles. The van der Waals surface area contributed by atoms with Crippen molar-refractivity contribution in [1.29, 1.82) is 0 Å². The van der Waals surface area contributed by atoms with E-state index in [2.05, 4.69) is 33.9 Å². The lowest BCUT2D eigenvalue weighted by molar-refractivity contribution is -0.137. The number of hydrogen-bond donors (Lipinski definition) is 6. The molecule has 0 aromatic heterocycles. The minimum atomic E-state index is -4.74. The van der Waals surface area contributed by atoms with Gasteiger partial charge in [-0.3, -0.25) is 38.2 Å². The minimum Gasteiger partial charge on any atom is -0.453 e. The third kappa shape index (κ3) is 13.9. The zero-order chi connectivity index (χ0) is 35.3. The van der Waals surface area contributed by atoms with E-state index in [-0.39, 0.29) is 19.6 Å². The van der Waals surface area contributed by atoms with Crippen molar-refractivity contribution in [3.63, 3.8) is 0 Å². The number of imide groups is 1. The highest BCUT2D eigenvalue weighted by Gasteiger charge is 2.32. The third-order valence-electron chi connectivity index (χ3n) is 6.80. The van der Waals surface area contributed by atoms with Crippen LogP contribution < -0.4 is 21.3 Å². The number of carbonyl (C=O) groups is 7. The lowest BCUT2D eigenvalue weighted by Crippen LogP contribution is -2.58. The van der Waals surface area contributed by atoms with Gasteiger partial charge in [-0.1, -0.05) is 45.0 Å². The Morgan fingerprint density at radius 3 is 2.04 bits per heavy atom. The molecule has 18 heteroatoms. The van der Waals surface area contributed by atoms with Crippen LogP contribution in [0.2, 0.25) is 0 Å². The molecule has 0 fully saturated rings. The summed E-state index contributed by atoms with van der Waals surface area (Å²) in [7, 11) is -4.74. The summed E-state index contributed by atoms with van der Waals surface area (Å²) in [4.78, 5) is 86.5. The van der Waals surface area contributed by atoms with E-state index in [1.165, 1.54) is 6.92 Å². The maximum Gasteiger partial charge on any atom is 0.364 e. The molecular formula is C29H39N5O11S2. The number of hydrogen-bond acceptors (Lipinski definition) is 10. The molecule has 16 nitrogen and oxygen atoms in total. The van der Waals surface area contributed by atoms with E-state index in [1.807, 2.05) is 0 Å². The van der Waals surface area contributed by atoms with Gasteiger partial charge in [0.25, 0.3) is 21.9 Å². The van der Waals surface area contributed by atoms with Crippen LogP contribution >= 0.6 is 12.6 Å². The van der Waals surface area contributed by atoms with Gasteiger partial charge >= 0.3 is 5.30 Å². The van der Waals surface area contributed by atoms with Crippen LogP contribution in [0.1, 0.15) is 52.0 Å². The monoisotopic (exact) mass is 697 g/mol. The van der Waals surface area contributed by atoms with Gasteiger partial charge in [-0.15, -0.1) is 0 Å². The molecule has 0 aliphatic carbocycles. The molecule has 3 atom stereocenters. The van der Waals surface area contributed by atoms with Gasteiger partial charge in [-0.05, 0) is 43.4 Å². The van der Waals surface area contributed by atoms with E-state index in [4.69, 9.17) is 4.74 Å². The van der Waals surface area contributed by atoms with E-state index in [9.17, 15) is 46.5 Å². The average Bonchev–Trinajstić information content (AvgIpc) is 3.30. The number of amides is 6. The van der Waals surface area contributed by atoms with Crippen LogP contribution in [0.3, 0.4) is 0 Å². The molecule has 0 saturated carbocycles. The first kappa shape index (κ1) is 38.9. The van der Waals surface area contributed by atoms with Crippen molar-refractivity contribution in [3.8, 4) is 0 Å². The zero-order valence-electron chi connectivity index (χ0n) is 26.1. The van der Waals surface area contributed by atoms with E-state index < -0.39 is 80.7 Å². The number of nitrogens with one attached hydrogen (secondary N) is 4. The number of unbranched alkanes of at least 4 members (excludes halogenated alkanes) is 2. The fraction of sp³-hybridized carbons (Fsp3) is 0.483. The molecule has 5 N–H and O–H groups in total. The minimum absolute atomic E-state index is 0.00851. The molecule has 47 heavy (non-hydrogen) atoms. The molecule has 258 valence electrons. The van der Waals surface area contributed by atoms with Crippen LogP contribution in [0.4, 0.5) is 10.5 Å². The van der Waals surface area contributed by atoms with Gasteiger partial charge in [-0.25, -0.2) is 4.79 Å². The second-order valence-electron chi connectivity index (χ2n) is 11.0. The van der Waals surface area contributed by atoms with Crippen LogP contribution in [-0.2, 0) is 50.2 Å². The Hall–Kier alpha value is -4.29. The summed E-state index contributed by atoms with van der Waals surface area (Å²) in [6.45, 7) is 4.76. The van der Waals surface area contributed by atoms with Gasteiger partial charge in [-0.2, -0.15) is 8.42 Å². The summed E-state index contributed by atoms with van der Waals surface area (Å²) >= 11 is 3.52. The van der Waals surface area contributed by atoms with Gasteiger partial charge in [0.1, 0.15) is 30.5 Å². The average molecular weight is 698 g/mol. The van der Waals surface area contributed by atoms with Gasteiger partial charge in [0.15, 0.2) is 0 Å². The first-order valence-corrected chi connectivity index (χ1v) is 16.7. The fourth-order valence-electron chi connectivity index (χ4n) is 4.28. The van der Waals surface area contributed by atoms with Crippen molar-refractivity contribution >= 4 is 69.2 Å². The molecule has 0 saturated heterocycles. The molecule has 1 aliphatic heterocycles. The molecular weight excluding hydrogens is 658 g/mol. The maximum absolute atomic E-state index is 13.1. The van der Waals surface area contributed by atoms with Crippen LogP contribution in [-0.4, -0.2) is 89.0 Å². The lowest BCUT2D eigenvalue weighted by atomic mass is 10.0. The molecule has 0 radical (unpaired) electrons. The largest absolute Gasteiger partial charge is 0.453 e. The van der Waals surface area contributed by atoms with Crippen molar-refractivity contribution in [3.05, 3.63) is 42.0 Å². The summed E-state index contributed by atoms with van der Waals surface area (Å²) in [5.41, 5.74) is 1.04. The van der Waals surface area contributed by atoms with Crippen molar-refractivity contribution in [2.45, 2.75) is 71.2 Å². The molecule has 2 rings (SSSR count). The van der Waals surface area contributed by atoms with Crippen molar-refractivity contribution in [2.75, 3.05) is 17.6 Å². The Morgan fingerprint density at radius 1 is 0.872 bits per heavy atom. The Kier molecular flexibility index (Phi) is 15.0. The highest BCUT2D eigenvalue weighted by Crippen LogP contribution is 2.12. The molecule has 1 aromatic rings. The Bertz CT molecular complexity index is 1460. The number of nitrogens with zero attached hydrogens (tertiary/aromatic N) is 1. The second-order valence-corrected chi connectivity index (χ2v) is 12.9. The molecule has 1 aliphatic rings. The predicted octanol–water partition coefficient (Wildman–Crippen LogP) is 0.695. The first-order chi connectivity index (χ1) is 22.0. The van der Waals surface area contributed by atoms with Gasteiger partial charge in [0.2, 0.25) is 23.6 Å². The molecule has 0 unspecified atom stereocenters. The van der Waals surface area contributed by atoms with E-state index >= 15 is 0 Å². The molecule has 0 spiro atoms. The van der Waals surface area contributed by atoms with Gasteiger partial charge in [0, 0.05) is 30.8 Å². The standard InChI is InChI=1S/C29H39N5O11S2/c1-17(2)25(28(40)30-18(3)26(38)31-20-10-8-19(9-11-20)15-45-29(41)46)33-27(39)21(16-47(42,43)44)32-22(35)7-5-4-6-14-34-23(36)12-13-24(34)37/h8-13,17-18,21,25H,4-7,14-16H2,1-3H3,(H,30,40)(H,31,38)(H,32,35)(H,33,39)(H,41,46)(H,42,43,44)/t18-,21-,25-/m1/s1. The Morgan fingerprint density at radius 2 is 1.49 bits per heavy atom. The Labute approximate surface area is 277 Å². The summed E-state index contributed by atoms with van der Waals surface area (Å²) in [6, 6.07) is 2.28. The molecule has 6 amide bonds. The predicted molar refractivity (Wildman–Crippen MR) is 171 cm³/mol. The fourth-order valence-corrected chi connectivity index (χ4v) is 5.00. The first-order valence-electron chi connectivity index (χ1n) is 14.6. The summed E-state index contributed by atoms with van der Waals surface area (Å²) in [5, 5.41) is 9.02. The molecule has 0 bridgehead atoms. The number of carbonyl (C=O) groups excluding carboxylic acids is 7. The van der Waals surface area contributed by atoms with Gasteiger partial charge < -0.3 is 26.0 Å². The van der Waals surface area contributed by atoms with Crippen LogP contribution in [0.5, 0.6) is 0 Å².